The molecule has 238 valence electrons. The van der Waals surface area contributed by atoms with E-state index in [9.17, 15) is 9.59 Å². The molecule has 2 aromatic carbocycles. The van der Waals surface area contributed by atoms with Crippen molar-refractivity contribution in [1.82, 2.24) is 0 Å². The molecular formula is C38H50O5S. The molecule has 1 unspecified atom stereocenters. The van der Waals surface area contributed by atoms with Crippen LogP contribution in [0.2, 0.25) is 0 Å². The van der Waals surface area contributed by atoms with Gasteiger partial charge in [0, 0.05) is 11.1 Å². The Kier molecular flexibility index (Phi) is 15.4. The molecule has 0 bridgehead atoms. The van der Waals surface area contributed by atoms with E-state index in [1.54, 1.807) is 0 Å². The van der Waals surface area contributed by atoms with Gasteiger partial charge in [0.25, 0.3) is 0 Å². The predicted octanol–water partition coefficient (Wildman–Crippen LogP) is 10.8. The highest BCUT2D eigenvalue weighted by Crippen LogP contribution is 2.41. The van der Waals surface area contributed by atoms with Gasteiger partial charge in [0.2, 0.25) is 0 Å². The quantitative estimate of drug-likeness (QED) is 0.0717. The summed E-state index contributed by atoms with van der Waals surface area (Å²) in [5.41, 5.74) is 1.73. The lowest BCUT2D eigenvalue weighted by Crippen LogP contribution is -2.34. The van der Waals surface area contributed by atoms with Gasteiger partial charge in [0.1, 0.15) is 5.75 Å². The number of unbranched alkanes of at least 4 members (excludes halogenated alkanes) is 9. The molecule has 1 aliphatic carbocycles. The van der Waals surface area contributed by atoms with E-state index in [1.165, 1.54) is 44.9 Å². The summed E-state index contributed by atoms with van der Waals surface area (Å²) in [5.74, 6) is 0.301. The van der Waals surface area contributed by atoms with Crippen molar-refractivity contribution in [3.8, 4) is 5.75 Å². The second-order valence-electron chi connectivity index (χ2n) is 12.0. The smallest absolute Gasteiger partial charge is 0.445 e. The van der Waals surface area contributed by atoms with Crippen molar-refractivity contribution in [3.63, 3.8) is 0 Å². The molecule has 0 N–H and O–H groups in total. The van der Waals surface area contributed by atoms with Crippen LogP contribution in [-0.2, 0) is 14.3 Å². The number of esters is 1. The Morgan fingerprint density at radius 2 is 1.50 bits per heavy atom. The van der Waals surface area contributed by atoms with Gasteiger partial charge in [-0.2, -0.15) is 0 Å². The van der Waals surface area contributed by atoms with Gasteiger partial charge in [-0.3, -0.25) is 4.79 Å². The van der Waals surface area contributed by atoms with E-state index in [-0.39, 0.29) is 12.5 Å². The molecule has 0 aliphatic heterocycles. The molecule has 0 spiro atoms. The first-order chi connectivity index (χ1) is 21.4. The van der Waals surface area contributed by atoms with Crippen molar-refractivity contribution in [3.05, 3.63) is 84.0 Å². The summed E-state index contributed by atoms with van der Waals surface area (Å²) >= 11 is 5.56. The fourth-order valence-corrected chi connectivity index (χ4v) is 5.53. The Balaban J connectivity index is 1.66. The lowest BCUT2D eigenvalue weighted by Gasteiger charge is -2.30. The van der Waals surface area contributed by atoms with E-state index in [4.69, 9.17) is 26.4 Å². The summed E-state index contributed by atoms with van der Waals surface area (Å²) in [6, 6.07) is 17.4. The highest BCUT2D eigenvalue weighted by atomic mass is 32.1. The first-order valence-corrected chi connectivity index (χ1v) is 16.9. The number of carbonyl (C=O) groups excluding carboxylic acids is 2. The van der Waals surface area contributed by atoms with E-state index in [1.807, 2.05) is 86.7 Å². The maximum atomic E-state index is 13.5. The second kappa shape index (κ2) is 19.2. The number of rotatable bonds is 18. The summed E-state index contributed by atoms with van der Waals surface area (Å²) in [7, 11) is 0. The van der Waals surface area contributed by atoms with E-state index in [0.29, 0.717) is 23.6 Å². The zero-order valence-electron chi connectivity index (χ0n) is 26.9. The summed E-state index contributed by atoms with van der Waals surface area (Å²) in [6.45, 7) is 6.50. The van der Waals surface area contributed by atoms with Crippen LogP contribution in [0.5, 0.6) is 5.75 Å². The minimum Gasteiger partial charge on any atom is -0.445 e. The first-order valence-electron chi connectivity index (χ1n) is 16.5. The van der Waals surface area contributed by atoms with Gasteiger partial charge in [-0.1, -0.05) is 158 Å². The minimum absolute atomic E-state index is 0.204. The van der Waals surface area contributed by atoms with Crippen molar-refractivity contribution >= 4 is 35.0 Å². The maximum absolute atomic E-state index is 13.5. The van der Waals surface area contributed by atoms with Crippen molar-refractivity contribution in [2.24, 2.45) is 11.3 Å². The van der Waals surface area contributed by atoms with Crippen molar-refractivity contribution in [2.45, 2.75) is 104 Å². The number of ether oxygens (including phenoxy) is 3. The Labute approximate surface area is 270 Å². The molecule has 0 heterocycles. The lowest BCUT2D eigenvalue weighted by atomic mass is 9.75. The summed E-state index contributed by atoms with van der Waals surface area (Å²) in [6.07, 6.45) is 19.0. The summed E-state index contributed by atoms with van der Waals surface area (Å²) in [4.78, 5) is 25.9. The molecule has 0 saturated carbocycles. The van der Waals surface area contributed by atoms with Crippen LogP contribution in [0, 0.1) is 11.3 Å². The highest BCUT2D eigenvalue weighted by molar-refractivity contribution is 7.80. The SMILES string of the molecule is CCCCCCCCCCCCC1(C(=O)OC(=O)OC[C@@H](C)CC)C=CC(c2ccccc2OC(=S)c2ccccc2)=CC1. The number of allylic oxidation sites excluding steroid dienone is 3. The summed E-state index contributed by atoms with van der Waals surface area (Å²) in [5, 5.41) is 0.397. The number of para-hydroxylation sites is 1. The van der Waals surface area contributed by atoms with Crippen LogP contribution < -0.4 is 4.74 Å². The van der Waals surface area contributed by atoms with Crippen LogP contribution >= 0.6 is 12.2 Å². The number of thiocarbonyl (C=S) groups is 1. The molecule has 6 heteroatoms. The third-order valence-electron chi connectivity index (χ3n) is 8.42. The topological polar surface area (TPSA) is 61.8 Å². The number of hydrogen-bond donors (Lipinski definition) is 0. The molecule has 0 radical (unpaired) electrons. The standard InChI is InChI=1S/C38H50O5S/c1-4-6-7-8-9-10-11-12-13-19-26-38(36(39)43-37(40)41-29-30(3)5-2)27-24-31(25-28-38)33-22-17-18-23-34(33)42-35(44)32-20-15-14-16-21-32/h14-18,20-25,27,30H,4-13,19,26,28-29H2,1-3H3/t30-,38?/m0/s1. The Morgan fingerprint density at radius 1 is 0.864 bits per heavy atom. The van der Waals surface area contributed by atoms with Crippen molar-refractivity contribution in [1.29, 1.82) is 0 Å². The highest BCUT2D eigenvalue weighted by Gasteiger charge is 2.39. The van der Waals surface area contributed by atoms with Gasteiger partial charge in [0.05, 0.1) is 12.0 Å². The number of benzene rings is 2. The van der Waals surface area contributed by atoms with Crippen molar-refractivity contribution in [2.75, 3.05) is 6.61 Å². The molecule has 2 aromatic rings. The summed E-state index contributed by atoms with van der Waals surface area (Å²) < 4.78 is 16.6. The molecule has 3 rings (SSSR count). The van der Waals surface area contributed by atoms with Gasteiger partial charge >= 0.3 is 12.1 Å². The van der Waals surface area contributed by atoms with E-state index < -0.39 is 17.5 Å². The van der Waals surface area contributed by atoms with Crippen LogP contribution in [0.3, 0.4) is 0 Å². The zero-order valence-corrected chi connectivity index (χ0v) is 27.7. The molecule has 0 saturated heterocycles. The van der Waals surface area contributed by atoms with Crippen molar-refractivity contribution < 1.29 is 23.8 Å². The minimum atomic E-state index is -0.922. The normalized spacial score (nSPS) is 16.6. The average molecular weight is 619 g/mol. The molecular weight excluding hydrogens is 568 g/mol. The van der Waals surface area contributed by atoms with Crippen LogP contribution in [0.1, 0.15) is 115 Å². The van der Waals surface area contributed by atoms with E-state index >= 15 is 0 Å². The molecule has 2 atom stereocenters. The number of hydrogen-bond acceptors (Lipinski definition) is 6. The van der Waals surface area contributed by atoms with Crippen LogP contribution in [0.4, 0.5) is 4.79 Å². The second-order valence-corrected chi connectivity index (χ2v) is 12.4. The monoisotopic (exact) mass is 618 g/mol. The average Bonchev–Trinajstić information content (AvgIpc) is 3.05. The van der Waals surface area contributed by atoms with E-state index in [0.717, 1.165) is 42.4 Å². The molecule has 0 fully saturated rings. The first kappa shape index (κ1) is 35.2. The fourth-order valence-electron chi connectivity index (χ4n) is 5.31. The third-order valence-corrected chi connectivity index (χ3v) is 8.74. The van der Waals surface area contributed by atoms with Gasteiger partial charge in [-0.05, 0) is 42.6 Å². The van der Waals surface area contributed by atoms with Crippen LogP contribution in [0.15, 0.2) is 72.8 Å². The Hall–Kier alpha value is -3.25. The van der Waals surface area contributed by atoms with Crippen LogP contribution in [-0.4, -0.2) is 23.8 Å². The Bertz CT molecular complexity index is 1250. The third kappa shape index (κ3) is 11.4. The van der Waals surface area contributed by atoms with E-state index in [2.05, 4.69) is 6.92 Å². The molecule has 1 aliphatic rings. The fraction of sp³-hybridized carbons (Fsp3) is 0.500. The molecule has 44 heavy (non-hydrogen) atoms. The van der Waals surface area contributed by atoms with Gasteiger partial charge in [-0.15, -0.1) is 0 Å². The maximum Gasteiger partial charge on any atom is 0.516 e. The molecule has 5 nitrogen and oxygen atoms in total. The number of carbonyl (C=O) groups is 2. The van der Waals surface area contributed by atoms with Gasteiger partial charge in [0.15, 0.2) is 5.05 Å². The molecule has 0 amide bonds. The predicted molar refractivity (Wildman–Crippen MR) is 183 cm³/mol. The lowest BCUT2D eigenvalue weighted by molar-refractivity contribution is -0.149. The van der Waals surface area contributed by atoms with Crippen LogP contribution in [0.25, 0.3) is 5.57 Å². The largest absolute Gasteiger partial charge is 0.516 e. The Morgan fingerprint density at radius 3 is 2.14 bits per heavy atom. The zero-order chi connectivity index (χ0) is 31.6. The van der Waals surface area contributed by atoms with Gasteiger partial charge in [-0.25, -0.2) is 4.79 Å². The molecule has 0 aromatic heterocycles. The van der Waals surface area contributed by atoms with Gasteiger partial charge < -0.3 is 14.2 Å².